The summed E-state index contributed by atoms with van der Waals surface area (Å²) in [6.45, 7) is 1.37. The van der Waals surface area contributed by atoms with Gasteiger partial charge < -0.3 is 14.4 Å². The Kier molecular flexibility index (Phi) is 6.05. The lowest BCUT2D eigenvalue weighted by atomic mass is 10.0. The van der Waals surface area contributed by atoms with E-state index < -0.39 is 0 Å². The molecule has 0 unspecified atom stereocenters. The number of piperidine rings is 1. The molecule has 0 saturated carbocycles. The summed E-state index contributed by atoms with van der Waals surface area (Å²) in [6, 6.07) is 23.1. The van der Waals surface area contributed by atoms with Gasteiger partial charge in [-0.15, -0.1) is 0 Å². The minimum atomic E-state index is -0.263. The van der Waals surface area contributed by atoms with Crippen LogP contribution in [0.1, 0.15) is 24.4 Å². The normalized spacial score (nSPS) is 14.5. The lowest BCUT2D eigenvalue weighted by molar-refractivity contribution is -0.131. The van der Waals surface area contributed by atoms with Crippen molar-refractivity contribution < 1.29 is 9.18 Å². The number of halogens is 1. The maximum Gasteiger partial charge on any atom is 0.226 e. The number of likely N-dealkylation sites (tertiary alicyclic amines) is 1. The molecule has 5 rings (SSSR count). The monoisotopic (exact) mass is 456 g/mol. The number of nitrogens with zero attached hydrogens (tertiary/aromatic N) is 4. The molecule has 0 radical (unpaired) electrons. The fraction of sp³-hybridized carbons (Fsp3) is 0.286. The van der Waals surface area contributed by atoms with Crippen molar-refractivity contribution in [2.24, 2.45) is 0 Å². The number of fused-ring (bicyclic) bond motifs is 1. The lowest BCUT2D eigenvalue weighted by Crippen LogP contribution is -2.40. The third kappa shape index (κ3) is 4.40. The first-order chi connectivity index (χ1) is 16.5. The highest BCUT2D eigenvalue weighted by molar-refractivity contribution is 5.81. The van der Waals surface area contributed by atoms with Crippen molar-refractivity contribution in [1.82, 2.24) is 14.5 Å². The Morgan fingerprint density at radius 3 is 2.38 bits per heavy atom. The molecule has 6 heteroatoms. The smallest absolute Gasteiger partial charge is 0.226 e. The Morgan fingerprint density at radius 1 is 1.00 bits per heavy atom. The fourth-order valence-electron chi connectivity index (χ4n) is 4.80. The van der Waals surface area contributed by atoms with Crippen molar-refractivity contribution in [1.29, 1.82) is 0 Å². The van der Waals surface area contributed by atoms with E-state index >= 15 is 0 Å². The molecule has 2 heterocycles. The second-order valence-corrected chi connectivity index (χ2v) is 9.15. The molecule has 1 aromatic heterocycles. The number of rotatable bonds is 5. The molecule has 1 saturated heterocycles. The number of imidazole rings is 1. The van der Waals surface area contributed by atoms with Crippen LogP contribution in [-0.4, -0.2) is 47.5 Å². The van der Waals surface area contributed by atoms with Gasteiger partial charge in [0.05, 0.1) is 17.5 Å². The minimum Gasteiger partial charge on any atom is -0.378 e. The minimum absolute atomic E-state index is 0.154. The number of aromatic nitrogens is 2. The molecule has 5 nitrogen and oxygen atoms in total. The molecule has 4 aromatic rings. The van der Waals surface area contributed by atoms with Gasteiger partial charge in [0.1, 0.15) is 11.6 Å². The first-order valence-corrected chi connectivity index (χ1v) is 11.8. The Labute approximate surface area is 199 Å². The van der Waals surface area contributed by atoms with E-state index in [9.17, 15) is 9.18 Å². The second kappa shape index (κ2) is 9.29. The number of anilines is 1. The molecule has 0 N–H and O–H groups in total. The highest BCUT2D eigenvalue weighted by Gasteiger charge is 2.27. The van der Waals surface area contributed by atoms with Crippen LogP contribution < -0.4 is 4.90 Å². The summed E-state index contributed by atoms with van der Waals surface area (Å²) in [5, 5.41) is 0. The van der Waals surface area contributed by atoms with E-state index in [-0.39, 0.29) is 17.8 Å². The number of amides is 1. The highest BCUT2D eigenvalue weighted by Crippen LogP contribution is 2.33. The van der Waals surface area contributed by atoms with Crippen molar-refractivity contribution in [3.8, 4) is 11.4 Å². The third-order valence-electron chi connectivity index (χ3n) is 6.67. The maximum atomic E-state index is 14.1. The van der Waals surface area contributed by atoms with Gasteiger partial charge in [0.2, 0.25) is 5.91 Å². The van der Waals surface area contributed by atoms with Gasteiger partial charge in [-0.3, -0.25) is 4.79 Å². The standard InChI is InChI=1S/C28H29FN4O/c1-31(2)23-11-8-20(9-12-23)18-27(34)32-16-14-24(15-17-32)33-26-19-22(29)10-13-25(26)30-28(33)21-6-4-3-5-7-21/h3-13,19,24H,14-18H2,1-2H3. The Bertz CT molecular complexity index is 1290. The molecular formula is C28H29FN4O. The SMILES string of the molecule is CN(C)c1ccc(CC(=O)N2CCC(n3c(-c4ccccc4)nc4ccc(F)cc43)CC2)cc1. The van der Waals surface area contributed by atoms with Crippen LogP contribution in [0.4, 0.5) is 10.1 Å². The zero-order valence-corrected chi connectivity index (χ0v) is 19.6. The lowest BCUT2D eigenvalue weighted by Gasteiger charge is -2.34. The van der Waals surface area contributed by atoms with Crippen LogP contribution in [0, 0.1) is 5.82 Å². The molecule has 3 aromatic carbocycles. The van der Waals surface area contributed by atoms with E-state index in [0.717, 1.165) is 46.5 Å². The van der Waals surface area contributed by atoms with Crippen LogP contribution in [0.25, 0.3) is 22.4 Å². The Hall–Kier alpha value is -3.67. The molecule has 0 atom stereocenters. The highest BCUT2D eigenvalue weighted by atomic mass is 19.1. The molecule has 1 aliphatic heterocycles. The number of hydrogen-bond acceptors (Lipinski definition) is 3. The largest absolute Gasteiger partial charge is 0.378 e. The molecule has 1 fully saturated rings. The van der Waals surface area contributed by atoms with E-state index in [2.05, 4.69) is 4.57 Å². The summed E-state index contributed by atoms with van der Waals surface area (Å²) in [5.74, 6) is 0.744. The first kappa shape index (κ1) is 22.1. The summed E-state index contributed by atoms with van der Waals surface area (Å²) in [7, 11) is 4.01. The van der Waals surface area contributed by atoms with Gasteiger partial charge in [0, 0.05) is 44.5 Å². The van der Waals surface area contributed by atoms with Gasteiger partial charge in [-0.25, -0.2) is 9.37 Å². The summed E-state index contributed by atoms with van der Waals surface area (Å²) in [6.07, 6.45) is 2.03. The fourth-order valence-corrected chi connectivity index (χ4v) is 4.80. The van der Waals surface area contributed by atoms with Crippen LogP contribution in [0.15, 0.2) is 72.8 Å². The molecule has 34 heavy (non-hydrogen) atoms. The maximum absolute atomic E-state index is 14.1. The summed E-state index contributed by atoms with van der Waals surface area (Å²) in [4.78, 5) is 21.8. The number of carbonyl (C=O) groups is 1. The van der Waals surface area contributed by atoms with Gasteiger partial charge in [0.15, 0.2) is 0 Å². The van der Waals surface area contributed by atoms with Crippen molar-refractivity contribution in [2.75, 3.05) is 32.1 Å². The van der Waals surface area contributed by atoms with Crippen molar-refractivity contribution in [2.45, 2.75) is 25.3 Å². The van der Waals surface area contributed by atoms with Crippen LogP contribution in [0.5, 0.6) is 0 Å². The van der Waals surface area contributed by atoms with Gasteiger partial charge in [-0.1, -0.05) is 42.5 Å². The molecule has 0 bridgehead atoms. The Balaban J connectivity index is 1.34. The number of benzene rings is 3. The van der Waals surface area contributed by atoms with Crippen LogP contribution in [0.3, 0.4) is 0 Å². The molecule has 1 amide bonds. The number of carbonyl (C=O) groups excluding carboxylic acids is 1. The van der Waals surface area contributed by atoms with Crippen LogP contribution >= 0.6 is 0 Å². The summed E-state index contributed by atoms with van der Waals surface area (Å²) in [5.41, 5.74) is 4.76. The van der Waals surface area contributed by atoms with Gasteiger partial charge in [-0.2, -0.15) is 0 Å². The average molecular weight is 457 g/mol. The van der Waals surface area contributed by atoms with E-state index in [0.29, 0.717) is 19.5 Å². The molecular weight excluding hydrogens is 427 g/mol. The molecule has 0 aliphatic carbocycles. The molecule has 174 valence electrons. The van der Waals surface area contributed by atoms with E-state index in [4.69, 9.17) is 4.98 Å². The van der Waals surface area contributed by atoms with Gasteiger partial charge in [-0.05, 0) is 48.7 Å². The van der Waals surface area contributed by atoms with Crippen LogP contribution in [0.2, 0.25) is 0 Å². The quantitative estimate of drug-likeness (QED) is 0.408. The summed E-state index contributed by atoms with van der Waals surface area (Å²) >= 11 is 0. The predicted octanol–water partition coefficient (Wildman–Crippen LogP) is 5.31. The summed E-state index contributed by atoms with van der Waals surface area (Å²) < 4.78 is 16.3. The second-order valence-electron chi connectivity index (χ2n) is 9.15. The van der Waals surface area contributed by atoms with Gasteiger partial charge >= 0.3 is 0 Å². The van der Waals surface area contributed by atoms with Gasteiger partial charge in [0.25, 0.3) is 0 Å². The van der Waals surface area contributed by atoms with Crippen molar-refractivity contribution >= 4 is 22.6 Å². The third-order valence-corrected chi connectivity index (χ3v) is 6.67. The topological polar surface area (TPSA) is 41.4 Å². The Morgan fingerprint density at radius 2 is 1.71 bits per heavy atom. The van der Waals surface area contributed by atoms with E-state index in [1.807, 2.05) is 78.5 Å². The first-order valence-electron chi connectivity index (χ1n) is 11.8. The van der Waals surface area contributed by atoms with Crippen molar-refractivity contribution in [3.63, 3.8) is 0 Å². The van der Waals surface area contributed by atoms with E-state index in [1.54, 1.807) is 12.1 Å². The van der Waals surface area contributed by atoms with E-state index in [1.165, 1.54) is 6.07 Å². The van der Waals surface area contributed by atoms with Crippen LogP contribution in [-0.2, 0) is 11.2 Å². The number of hydrogen-bond donors (Lipinski definition) is 0. The van der Waals surface area contributed by atoms with Crippen molar-refractivity contribution in [3.05, 3.63) is 84.2 Å². The average Bonchev–Trinajstić information content (AvgIpc) is 3.23. The zero-order chi connectivity index (χ0) is 23.7. The zero-order valence-electron chi connectivity index (χ0n) is 19.6. The molecule has 0 spiro atoms. The molecule has 1 aliphatic rings. The predicted molar refractivity (Wildman–Crippen MR) is 134 cm³/mol.